The Kier molecular flexibility index (Phi) is 2.42. The molecule has 1 fully saturated rings. The summed E-state index contributed by atoms with van der Waals surface area (Å²) in [6, 6.07) is 2.42. The number of aromatic nitrogens is 1. The van der Waals surface area contributed by atoms with Crippen LogP contribution in [0.25, 0.3) is 0 Å². The van der Waals surface area contributed by atoms with E-state index in [1.165, 1.54) is 11.3 Å². The van der Waals surface area contributed by atoms with E-state index in [2.05, 4.69) is 29.8 Å². The Morgan fingerprint density at radius 3 is 2.93 bits per heavy atom. The Morgan fingerprint density at radius 2 is 2.29 bits per heavy atom. The minimum atomic E-state index is 0.336. The molecule has 2 rings (SSSR count). The Hall–Kier alpha value is -1.09. The van der Waals surface area contributed by atoms with Gasteiger partial charge >= 0.3 is 0 Å². The number of hydrogen-bond acceptors (Lipinski definition) is 3. The predicted octanol–water partition coefficient (Wildman–Crippen LogP) is 1.24. The predicted molar refractivity (Wildman–Crippen MR) is 58.5 cm³/mol. The zero-order valence-corrected chi connectivity index (χ0v) is 8.83. The van der Waals surface area contributed by atoms with Crippen molar-refractivity contribution in [2.75, 3.05) is 18.0 Å². The van der Waals surface area contributed by atoms with Crippen molar-refractivity contribution in [3.63, 3.8) is 0 Å². The van der Waals surface area contributed by atoms with Gasteiger partial charge in [0.05, 0.1) is 0 Å². The van der Waals surface area contributed by atoms with Crippen molar-refractivity contribution in [2.24, 2.45) is 5.73 Å². The average Bonchev–Trinajstić information content (AvgIpc) is 2.57. The lowest BCUT2D eigenvalue weighted by Gasteiger charge is -2.20. The molecule has 0 bridgehead atoms. The molecule has 0 saturated carbocycles. The van der Waals surface area contributed by atoms with Crippen molar-refractivity contribution in [1.82, 2.24) is 4.98 Å². The van der Waals surface area contributed by atoms with E-state index in [0.29, 0.717) is 6.04 Å². The Labute approximate surface area is 84.9 Å². The number of pyridine rings is 1. The van der Waals surface area contributed by atoms with Crippen LogP contribution in [0.2, 0.25) is 0 Å². The number of hydrogen-bond donors (Lipinski definition) is 1. The summed E-state index contributed by atoms with van der Waals surface area (Å²) in [5.41, 5.74) is 9.58. The van der Waals surface area contributed by atoms with Crippen LogP contribution in [0.4, 0.5) is 5.69 Å². The molecule has 2 N–H and O–H groups in total. The molecule has 1 aromatic rings. The first kappa shape index (κ1) is 9.46. The normalized spacial score (nSPS) is 21.6. The minimum Gasteiger partial charge on any atom is -0.370 e. The molecule has 2 heterocycles. The van der Waals surface area contributed by atoms with Gasteiger partial charge in [0, 0.05) is 36.7 Å². The topological polar surface area (TPSA) is 42.2 Å². The van der Waals surface area contributed by atoms with Crippen molar-refractivity contribution in [1.29, 1.82) is 0 Å². The highest BCUT2D eigenvalue weighted by molar-refractivity contribution is 5.54. The third-order valence-electron chi connectivity index (χ3n) is 2.99. The molecule has 0 spiro atoms. The van der Waals surface area contributed by atoms with Crippen LogP contribution in [0.15, 0.2) is 12.3 Å². The molecule has 14 heavy (non-hydrogen) atoms. The zero-order valence-electron chi connectivity index (χ0n) is 8.83. The summed E-state index contributed by atoms with van der Waals surface area (Å²) in [5.74, 6) is 0. The molecule has 1 saturated heterocycles. The molecule has 0 amide bonds. The van der Waals surface area contributed by atoms with E-state index in [1.807, 2.05) is 6.20 Å². The molecule has 0 aliphatic carbocycles. The summed E-state index contributed by atoms with van der Waals surface area (Å²) >= 11 is 0. The van der Waals surface area contributed by atoms with Gasteiger partial charge in [-0.05, 0) is 31.9 Å². The molecule has 1 aromatic heterocycles. The van der Waals surface area contributed by atoms with E-state index in [9.17, 15) is 0 Å². The fourth-order valence-electron chi connectivity index (χ4n) is 1.98. The molecule has 76 valence electrons. The summed E-state index contributed by atoms with van der Waals surface area (Å²) < 4.78 is 0. The van der Waals surface area contributed by atoms with Gasteiger partial charge in [0.1, 0.15) is 0 Å². The molecule has 3 heteroatoms. The first-order chi connectivity index (χ1) is 6.68. The van der Waals surface area contributed by atoms with Gasteiger partial charge in [0.2, 0.25) is 0 Å². The summed E-state index contributed by atoms with van der Waals surface area (Å²) in [7, 11) is 0. The lowest BCUT2D eigenvalue weighted by molar-refractivity contribution is 0.752. The molecule has 0 radical (unpaired) electrons. The number of aryl methyl sites for hydroxylation is 1. The van der Waals surface area contributed by atoms with E-state index in [4.69, 9.17) is 5.73 Å². The summed E-state index contributed by atoms with van der Waals surface area (Å²) in [6.45, 7) is 6.23. The first-order valence-corrected chi connectivity index (χ1v) is 5.11. The number of rotatable bonds is 1. The number of anilines is 1. The molecular weight excluding hydrogens is 174 g/mol. The molecule has 3 nitrogen and oxygen atoms in total. The Balaban J connectivity index is 2.28. The van der Waals surface area contributed by atoms with Crippen LogP contribution in [-0.4, -0.2) is 24.1 Å². The van der Waals surface area contributed by atoms with Crippen LogP contribution in [0, 0.1) is 13.8 Å². The maximum atomic E-state index is 5.89. The first-order valence-electron chi connectivity index (χ1n) is 5.11. The standard InChI is InChI=1S/C11H17N3/c1-8-9(2)13-5-3-11(8)14-6-4-10(12)7-14/h3,5,10H,4,6-7,12H2,1-2H3. The second-order valence-electron chi connectivity index (χ2n) is 4.04. The number of nitrogens with zero attached hydrogens (tertiary/aromatic N) is 2. The van der Waals surface area contributed by atoms with Gasteiger partial charge in [-0.1, -0.05) is 0 Å². The molecule has 1 aliphatic rings. The van der Waals surface area contributed by atoms with Crippen LogP contribution in [-0.2, 0) is 0 Å². The highest BCUT2D eigenvalue weighted by Crippen LogP contribution is 2.24. The second kappa shape index (κ2) is 3.58. The molecule has 0 aromatic carbocycles. The average molecular weight is 191 g/mol. The van der Waals surface area contributed by atoms with Crippen molar-refractivity contribution in [3.05, 3.63) is 23.5 Å². The van der Waals surface area contributed by atoms with E-state index in [0.717, 1.165) is 25.2 Å². The third kappa shape index (κ3) is 1.60. The Morgan fingerprint density at radius 1 is 1.50 bits per heavy atom. The van der Waals surface area contributed by atoms with Gasteiger partial charge in [-0.25, -0.2) is 0 Å². The zero-order chi connectivity index (χ0) is 10.1. The van der Waals surface area contributed by atoms with Gasteiger partial charge in [-0.3, -0.25) is 4.98 Å². The van der Waals surface area contributed by atoms with Gasteiger partial charge in [0.25, 0.3) is 0 Å². The SMILES string of the molecule is Cc1nccc(N2CCC(N)C2)c1C. The third-order valence-corrected chi connectivity index (χ3v) is 2.99. The fraction of sp³-hybridized carbons (Fsp3) is 0.545. The van der Waals surface area contributed by atoms with E-state index < -0.39 is 0 Å². The van der Waals surface area contributed by atoms with E-state index in [-0.39, 0.29) is 0 Å². The van der Waals surface area contributed by atoms with Crippen molar-refractivity contribution >= 4 is 5.69 Å². The van der Waals surface area contributed by atoms with E-state index >= 15 is 0 Å². The van der Waals surface area contributed by atoms with Crippen molar-refractivity contribution in [2.45, 2.75) is 26.3 Å². The van der Waals surface area contributed by atoms with Gasteiger partial charge in [-0.15, -0.1) is 0 Å². The highest BCUT2D eigenvalue weighted by atomic mass is 15.2. The van der Waals surface area contributed by atoms with Gasteiger partial charge in [0.15, 0.2) is 0 Å². The minimum absolute atomic E-state index is 0.336. The monoisotopic (exact) mass is 191 g/mol. The maximum absolute atomic E-state index is 5.89. The maximum Gasteiger partial charge on any atom is 0.0430 e. The lowest BCUT2D eigenvalue weighted by atomic mass is 10.2. The smallest absolute Gasteiger partial charge is 0.0430 e. The summed E-state index contributed by atoms with van der Waals surface area (Å²) in [6.07, 6.45) is 2.97. The second-order valence-corrected chi connectivity index (χ2v) is 4.04. The van der Waals surface area contributed by atoms with Gasteiger partial charge < -0.3 is 10.6 Å². The van der Waals surface area contributed by atoms with Crippen molar-refractivity contribution in [3.8, 4) is 0 Å². The molecule has 1 atom stereocenters. The lowest BCUT2D eigenvalue weighted by Crippen LogP contribution is -2.26. The largest absolute Gasteiger partial charge is 0.370 e. The Bertz CT molecular complexity index is 335. The van der Waals surface area contributed by atoms with Gasteiger partial charge in [-0.2, -0.15) is 0 Å². The quantitative estimate of drug-likeness (QED) is 0.726. The van der Waals surface area contributed by atoms with Crippen LogP contribution < -0.4 is 10.6 Å². The van der Waals surface area contributed by atoms with Crippen LogP contribution in [0.3, 0.4) is 0 Å². The molecule has 1 unspecified atom stereocenters. The summed E-state index contributed by atoms with van der Waals surface area (Å²) in [5, 5.41) is 0. The van der Waals surface area contributed by atoms with Crippen LogP contribution >= 0.6 is 0 Å². The fourth-order valence-corrected chi connectivity index (χ4v) is 1.98. The van der Waals surface area contributed by atoms with E-state index in [1.54, 1.807) is 0 Å². The number of nitrogens with two attached hydrogens (primary N) is 1. The molecular formula is C11H17N3. The molecule has 1 aliphatic heterocycles. The van der Waals surface area contributed by atoms with Crippen molar-refractivity contribution < 1.29 is 0 Å². The highest BCUT2D eigenvalue weighted by Gasteiger charge is 2.20. The summed E-state index contributed by atoms with van der Waals surface area (Å²) in [4.78, 5) is 6.63. The van der Waals surface area contributed by atoms with Crippen LogP contribution in [0.1, 0.15) is 17.7 Å². The van der Waals surface area contributed by atoms with Crippen LogP contribution in [0.5, 0.6) is 0 Å².